The first-order chi connectivity index (χ1) is 56.4. The molecule has 0 spiro atoms. The van der Waals surface area contributed by atoms with E-state index >= 15 is 0 Å². The fourth-order valence-corrected chi connectivity index (χ4v) is 14.9. The van der Waals surface area contributed by atoms with Gasteiger partial charge >= 0.3 is 0 Å². The third kappa shape index (κ3) is 23.4. The molecule has 636 valence electrons. The molecule has 3 aromatic heterocycles. The van der Waals surface area contributed by atoms with E-state index in [1.54, 1.807) is 6.07 Å². The SMILES string of the molecule is CC(C)c1ccc2[nH]c(=O)c(C(C)C)c(O)c2c1.CC(C)c1ccc2[nH]c(=O)c(C(C)C)cc2c1.CC(C)c1ccc2[nH]cc(C(C)C)c(=O)c2c1.CC(C)c1ccc2cc(O)c(C(C)C)c(O)c2c1.CC(C)c1ccc2cc(O)c(C(C)C)cc2c1.CC(C)c1ccc2ccc(C(C)C)c(O)c2c1.CC(C)c1ccc2ccc(C(C)C)cc2c1. The molecule has 0 aliphatic rings. The Morgan fingerprint density at radius 2 is 0.550 bits per heavy atom. The molecule has 11 heteroatoms. The molecule has 0 amide bonds. The number of H-pyrrole nitrogens is 3. The predicted octanol–water partition coefficient (Wildman–Crippen LogP) is 30.2. The van der Waals surface area contributed by atoms with Crippen molar-refractivity contribution < 1.29 is 25.5 Å². The van der Waals surface area contributed by atoms with Crippen molar-refractivity contribution in [3.8, 4) is 28.7 Å². The van der Waals surface area contributed by atoms with Gasteiger partial charge in [0.05, 0.1) is 11.1 Å². The van der Waals surface area contributed by atoms with E-state index in [4.69, 9.17) is 0 Å². The van der Waals surface area contributed by atoms with Crippen molar-refractivity contribution >= 4 is 75.8 Å². The van der Waals surface area contributed by atoms with Crippen LogP contribution in [0.25, 0.3) is 75.8 Å². The van der Waals surface area contributed by atoms with Crippen molar-refractivity contribution in [2.24, 2.45) is 0 Å². The molecule has 0 unspecified atom stereocenters. The van der Waals surface area contributed by atoms with Crippen molar-refractivity contribution in [3.63, 3.8) is 0 Å². The summed E-state index contributed by atoms with van der Waals surface area (Å²) < 4.78 is 0. The van der Waals surface area contributed by atoms with Gasteiger partial charge in [0.2, 0.25) is 0 Å². The van der Waals surface area contributed by atoms with Gasteiger partial charge in [0.1, 0.15) is 28.7 Å². The van der Waals surface area contributed by atoms with Crippen LogP contribution in [0.15, 0.2) is 203 Å². The molecule has 14 rings (SSSR count). The Morgan fingerprint density at radius 3 is 1.00 bits per heavy atom. The molecule has 120 heavy (non-hydrogen) atoms. The van der Waals surface area contributed by atoms with E-state index < -0.39 is 0 Å². The molecule has 0 atom stereocenters. The van der Waals surface area contributed by atoms with Crippen LogP contribution >= 0.6 is 0 Å². The number of aromatic nitrogens is 3. The van der Waals surface area contributed by atoms with Crippen molar-refractivity contribution in [1.29, 1.82) is 0 Å². The van der Waals surface area contributed by atoms with Crippen LogP contribution in [0.1, 0.15) is 355 Å². The van der Waals surface area contributed by atoms with Crippen LogP contribution in [-0.2, 0) is 0 Å². The van der Waals surface area contributed by atoms with Crippen LogP contribution in [0.5, 0.6) is 28.7 Å². The number of phenols is 4. The normalized spacial score (nSPS) is 11.7. The van der Waals surface area contributed by atoms with E-state index in [9.17, 15) is 39.9 Å². The van der Waals surface area contributed by atoms with Crippen molar-refractivity contribution in [2.75, 3.05) is 0 Å². The molecule has 14 aromatic rings. The Kier molecular flexibility index (Phi) is 32.6. The monoisotopic (exact) mass is 1620 g/mol. The number of aromatic hydroxyl groups is 5. The zero-order valence-corrected chi connectivity index (χ0v) is 76.9. The number of rotatable bonds is 14. The highest BCUT2D eigenvalue weighted by Crippen LogP contribution is 2.42. The average molecular weight is 1620 g/mol. The largest absolute Gasteiger partial charge is 0.508 e. The molecule has 8 N–H and O–H groups in total. The van der Waals surface area contributed by atoms with Crippen LogP contribution in [0.2, 0.25) is 0 Å². The summed E-state index contributed by atoms with van der Waals surface area (Å²) in [5, 5.41) is 62.4. The van der Waals surface area contributed by atoms with Gasteiger partial charge in [0, 0.05) is 55.5 Å². The average Bonchev–Trinajstić information content (AvgIpc) is 0.776. The van der Waals surface area contributed by atoms with E-state index in [2.05, 4.69) is 257 Å². The Labute approximate surface area is 714 Å². The Balaban J connectivity index is 0.000000174. The molecule has 0 fully saturated rings. The Hall–Kier alpha value is -10.9. The summed E-state index contributed by atoms with van der Waals surface area (Å²) in [6.45, 7) is 59.1. The van der Waals surface area contributed by atoms with Gasteiger partial charge in [-0.1, -0.05) is 303 Å². The predicted molar refractivity (Wildman–Crippen MR) is 515 cm³/mol. The standard InChI is InChI=1S/C16H20O2.2C16H20O.C16H20.C15H19NO2.2C15H19NO/c1-9(2)11-5-6-12-8-14(17)15(10(3)4)16(18)13(12)7-11;1-10(2)12-5-6-13-9-16(17)15(11(3)4)8-14(13)7-12;1-10(2)13-6-5-12-7-8-14(11(3)4)16(17)15(12)9-13;1-11(2)14-7-5-13-6-8-15(12(3)4)10-16(13)9-14;1-8(2)10-5-6-12-11(7-10)14(17)13(9(3)4)15(18)16-12;1-9(2)11-5-6-14-12(7-11)15(17)13(8-16-14)10(3)4;1-9(2)11-5-6-14-12(7-11)8-13(10(3)4)15(17)16-14/h5-10,17-18H,1-4H3;2*5-11,17H,1-4H3;5-12H,1-4H3;5-9H,1-4H3,(H2,16,17,18);2*5-10H,1-4H3,(H,16,17). The summed E-state index contributed by atoms with van der Waals surface area (Å²) in [6.07, 6.45) is 1.84. The smallest absolute Gasteiger partial charge is 0.255 e. The third-order valence-corrected chi connectivity index (χ3v) is 23.0. The molecular weight excluding hydrogens is 1480 g/mol. The zero-order valence-electron chi connectivity index (χ0n) is 76.9. The molecule has 0 bridgehead atoms. The second-order valence-electron chi connectivity index (χ2n) is 37.0. The fourth-order valence-electron chi connectivity index (χ4n) is 14.9. The lowest BCUT2D eigenvalue weighted by atomic mass is 9.93. The van der Waals surface area contributed by atoms with Crippen molar-refractivity contribution in [1.82, 2.24) is 15.0 Å². The minimum Gasteiger partial charge on any atom is -0.508 e. The summed E-state index contributed by atoms with van der Waals surface area (Å²) in [6, 6.07) is 62.4. The summed E-state index contributed by atoms with van der Waals surface area (Å²) in [5.41, 5.74) is 17.7. The molecule has 0 saturated carbocycles. The van der Waals surface area contributed by atoms with E-state index in [0.717, 1.165) is 81.9 Å². The van der Waals surface area contributed by atoms with Crippen molar-refractivity contribution in [3.05, 3.63) is 297 Å². The number of nitrogens with one attached hydrogen (secondary N) is 3. The first kappa shape index (κ1) is 94.6. The number of phenolic OH excluding ortho intramolecular Hbond substituents is 4. The molecule has 3 heterocycles. The maximum atomic E-state index is 12.3. The van der Waals surface area contributed by atoms with Gasteiger partial charge in [-0.05, 0) is 249 Å². The lowest BCUT2D eigenvalue weighted by molar-refractivity contribution is 0.438. The van der Waals surface area contributed by atoms with E-state index in [-0.39, 0.29) is 57.5 Å². The maximum absolute atomic E-state index is 12.3. The molecule has 0 aliphatic heterocycles. The van der Waals surface area contributed by atoms with Crippen molar-refractivity contribution in [2.45, 2.75) is 277 Å². The van der Waals surface area contributed by atoms with Gasteiger partial charge in [0.15, 0.2) is 5.43 Å². The zero-order chi connectivity index (χ0) is 88.9. The lowest BCUT2D eigenvalue weighted by Crippen LogP contribution is -2.14. The number of benzene rings is 11. The quantitative estimate of drug-likeness (QED) is 0.0526. The second kappa shape index (κ2) is 41.4. The summed E-state index contributed by atoms with van der Waals surface area (Å²) in [4.78, 5) is 45.1. The maximum Gasteiger partial charge on any atom is 0.255 e. The highest BCUT2D eigenvalue weighted by Gasteiger charge is 2.20. The van der Waals surface area contributed by atoms with Gasteiger partial charge in [-0.2, -0.15) is 0 Å². The van der Waals surface area contributed by atoms with E-state index in [1.165, 1.54) is 55.1 Å². The summed E-state index contributed by atoms with van der Waals surface area (Å²) >= 11 is 0. The van der Waals surface area contributed by atoms with Gasteiger partial charge in [0.25, 0.3) is 11.1 Å². The van der Waals surface area contributed by atoms with Gasteiger partial charge in [-0.3, -0.25) is 14.4 Å². The van der Waals surface area contributed by atoms with Gasteiger partial charge in [-0.25, -0.2) is 0 Å². The number of hydrogen-bond donors (Lipinski definition) is 8. The van der Waals surface area contributed by atoms with Gasteiger partial charge < -0.3 is 40.5 Å². The number of hydrogen-bond acceptors (Lipinski definition) is 8. The number of fused-ring (bicyclic) bond motifs is 7. The Bertz CT molecular complexity index is 5980. The van der Waals surface area contributed by atoms with Crippen LogP contribution in [0.3, 0.4) is 0 Å². The molecule has 11 nitrogen and oxygen atoms in total. The first-order valence-corrected chi connectivity index (χ1v) is 43.6. The summed E-state index contributed by atoms with van der Waals surface area (Å²) in [7, 11) is 0. The van der Waals surface area contributed by atoms with E-state index in [0.29, 0.717) is 87.3 Å². The lowest BCUT2D eigenvalue weighted by Gasteiger charge is -2.15. The van der Waals surface area contributed by atoms with Gasteiger partial charge in [-0.15, -0.1) is 0 Å². The van der Waals surface area contributed by atoms with Crippen LogP contribution in [0, 0.1) is 0 Å². The van der Waals surface area contributed by atoms with Crippen LogP contribution < -0.4 is 16.5 Å². The highest BCUT2D eigenvalue weighted by molar-refractivity contribution is 5.93. The highest BCUT2D eigenvalue weighted by atomic mass is 16.3. The number of pyridine rings is 3. The molecule has 0 saturated heterocycles. The minimum atomic E-state index is -0.202. The summed E-state index contributed by atoms with van der Waals surface area (Å²) in [5.74, 6) is 6.66. The van der Waals surface area contributed by atoms with Crippen LogP contribution in [-0.4, -0.2) is 40.5 Å². The third-order valence-electron chi connectivity index (χ3n) is 23.0. The molecular formula is C109H137N3O8. The first-order valence-electron chi connectivity index (χ1n) is 43.6. The molecule has 0 aliphatic carbocycles. The topological polar surface area (TPSA) is 200 Å². The molecule has 11 aromatic carbocycles. The Morgan fingerprint density at radius 1 is 0.217 bits per heavy atom. The fraction of sp³-hybridized carbons (Fsp3) is 0.385. The van der Waals surface area contributed by atoms with E-state index in [1.807, 2.05) is 134 Å². The number of aromatic amines is 3. The second-order valence-corrected chi connectivity index (χ2v) is 37.0. The minimum absolute atomic E-state index is 0.000793. The van der Waals surface area contributed by atoms with Crippen LogP contribution in [0.4, 0.5) is 0 Å². The molecule has 0 radical (unpaired) electrons.